The summed E-state index contributed by atoms with van der Waals surface area (Å²) in [5, 5.41) is 3.03. The van der Waals surface area contributed by atoms with Gasteiger partial charge < -0.3 is 10.2 Å². The standard InChI is InChI=1S/C12H18N2O/c1-4-14(5-2)12(15)10-8-6-7-9-11(10)13-3/h6-9,13H,4-5H2,1-3H3. The fourth-order valence-electron chi connectivity index (χ4n) is 1.57. The van der Waals surface area contributed by atoms with Crippen LogP contribution < -0.4 is 5.32 Å². The number of benzene rings is 1. The van der Waals surface area contributed by atoms with Crippen LogP contribution in [0.25, 0.3) is 0 Å². The number of rotatable bonds is 4. The molecule has 0 atom stereocenters. The Labute approximate surface area is 91.1 Å². The van der Waals surface area contributed by atoms with Gasteiger partial charge in [-0.1, -0.05) is 12.1 Å². The van der Waals surface area contributed by atoms with Crippen molar-refractivity contribution in [2.45, 2.75) is 13.8 Å². The minimum atomic E-state index is 0.0879. The molecule has 1 aromatic rings. The van der Waals surface area contributed by atoms with Crippen LogP contribution in [0.5, 0.6) is 0 Å². The Morgan fingerprint density at radius 2 is 1.87 bits per heavy atom. The second-order valence-electron chi connectivity index (χ2n) is 3.27. The van der Waals surface area contributed by atoms with E-state index >= 15 is 0 Å². The number of carbonyl (C=O) groups is 1. The van der Waals surface area contributed by atoms with Crippen molar-refractivity contribution in [1.29, 1.82) is 0 Å². The average Bonchev–Trinajstić information content (AvgIpc) is 2.30. The van der Waals surface area contributed by atoms with E-state index in [-0.39, 0.29) is 5.91 Å². The quantitative estimate of drug-likeness (QED) is 0.819. The van der Waals surface area contributed by atoms with Gasteiger partial charge in [-0.05, 0) is 26.0 Å². The molecule has 3 heteroatoms. The van der Waals surface area contributed by atoms with Gasteiger partial charge in [0.25, 0.3) is 5.91 Å². The van der Waals surface area contributed by atoms with E-state index in [2.05, 4.69) is 5.32 Å². The van der Waals surface area contributed by atoms with Crippen LogP contribution in [0.3, 0.4) is 0 Å². The van der Waals surface area contributed by atoms with E-state index in [9.17, 15) is 4.79 Å². The summed E-state index contributed by atoms with van der Waals surface area (Å²) in [6.45, 7) is 5.47. The van der Waals surface area contributed by atoms with Crippen LogP contribution in [0, 0.1) is 0 Å². The van der Waals surface area contributed by atoms with E-state index in [1.165, 1.54) is 0 Å². The molecule has 0 bridgehead atoms. The first kappa shape index (κ1) is 11.6. The minimum Gasteiger partial charge on any atom is -0.387 e. The largest absolute Gasteiger partial charge is 0.387 e. The first-order valence-corrected chi connectivity index (χ1v) is 5.30. The van der Waals surface area contributed by atoms with Gasteiger partial charge in [0.2, 0.25) is 0 Å². The highest BCUT2D eigenvalue weighted by atomic mass is 16.2. The topological polar surface area (TPSA) is 32.3 Å². The molecule has 0 aliphatic carbocycles. The fourth-order valence-corrected chi connectivity index (χ4v) is 1.57. The van der Waals surface area contributed by atoms with E-state index in [0.717, 1.165) is 24.3 Å². The number of nitrogens with zero attached hydrogens (tertiary/aromatic N) is 1. The SMILES string of the molecule is CCN(CC)C(=O)c1ccccc1NC. The molecular weight excluding hydrogens is 188 g/mol. The van der Waals surface area contributed by atoms with Crippen molar-refractivity contribution in [3.05, 3.63) is 29.8 Å². The zero-order valence-corrected chi connectivity index (χ0v) is 9.58. The van der Waals surface area contributed by atoms with Crippen molar-refractivity contribution in [3.8, 4) is 0 Å². The first-order chi connectivity index (χ1) is 7.24. The van der Waals surface area contributed by atoms with E-state index < -0.39 is 0 Å². The molecule has 1 aromatic carbocycles. The molecule has 0 saturated heterocycles. The number of carbonyl (C=O) groups excluding carboxylic acids is 1. The maximum absolute atomic E-state index is 12.1. The molecule has 0 unspecified atom stereocenters. The third-order valence-corrected chi connectivity index (χ3v) is 2.48. The monoisotopic (exact) mass is 206 g/mol. The predicted octanol–water partition coefficient (Wildman–Crippen LogP) is 2.21. The summed E-state index contributed by atoms with van der Waals surface area (Å²) < 4.78 is 0. The molecule has 0 fully saturated rings. The van der Waals surface area contributed by atoms with Gasteiger partial charge in [-0.15, -0.1) is 0 Å². The van der Waals surface area contributed by atoms with E-state index in [1.54, 1.807) is 0 Å². The Bertz CT molecular complexity index is 332. The van der Waals surface area contributed by atoms with Gasteiger partial charge >= 0.3 is 0 Å². The lowest BCUT2D eigenvalue weighted by atomic mass is 10.1. The molecule has 3 nitrogen and oxygen atoms in total. The molecular formula is C12H18N2O. The molecule has 1 rings (SSSR count). The van der Waals surface area contributed by atoms with E-state index in [0.29, 0.717) is 0 Å². The highest BCUT2D eigenvalue weighted by Gasteiger charge is 2.14. The van der Waals surface area contributed by atoms with Crippen LogP contribution in [0.1, 0.15) is 24.2 Å². The lowest BCUT2D eigenvalue weighted by Crippen LogP contribution is -2.30. The Morgan fingerprint density at radius 1 is 1.27 bits per heavy atom. The maximum atomic E-state index is 12.1. The highest BCUT2D eigenvalue weighted by Crippen LogP contribution is 2.16. The Balaban J connectivity index is 2.99. The first-order valence-electron chi connectivity index (χ1n) is 5.30. The van der Waals surface area contributed by atoms with Gasteiger partial charge in [0, 0.05) is 25.8 Å². The Morgan fingerprint density at radius 3 is 2.40 bits per heavy atom. The summed E-state index contributed by atoms with van der Waals surface area (Å²) in [6, 6.07) is 7.58. The van der Waals surface area contributed by atoms with Crippen LogP contribution in [0.2, 0.25) is 0 Å². The molecule has 1 N–H and O–H groups in total. The number of hydrogen-bond donors (Lipinski definition) is 1. The molecule has 0 heterocycles. The third kappa shape index (κ3) is 2.49. The van der Waals surface area contributed by atoms with Crippen molar-refractivity contribution >= 4 is 11.6 Å². The molecule has 0 spiro atoms. The van der Waals surface area contributed by atoms with Gasteiger partial charge in [0.15, 0.2) is 0 Å². The van der Waals surface area contributed by atoms with Gasteiger partial charge in [-0.25, -0.2) is 0 Å². The molecule has 0 saturated carbocycles. The lowest BCUT2D eigenvalue weighted by molar-refractivity contribution is 0.0774. The van der Waals surface area contributed by atoms with Crippen molar-refractivity contribution in [3.63, 3.8) is 0 Å². The normalized spacial score (nSPS) is 9.80. The Kier molecular flexibility index (Phi) is 4.16. The Hall–Kier alpha value is -1.51. The average molecular weight is 206 g/mol. The third-order valence-electron chi connectivity index (χ3n) is 2.48. The molecule has 15 heavy (non-hydrogen) atoms. The van der Waals surface area contributed by atoms with Crippen LogP contribution in [0.15, 0.2) is 24.3 Å². The van der Waals surface area contributed by atoms with Crippen molar-refractivity contribution in [2.75, 3.05) is 25.5 Å². The second-order valence-corrected chi connectivity index (χ2v) is 3.27. The number of hydrogen-bond acceptors (Lipinski definition) is 2. The van der Waals surface area contributed by atoms with Gasteiger partial charge in [-0.3, -0.25) is 4.79 Å². The van der Waals surface area contributed by atoms with Crippen molar-refractivity contribution in [2.24, 2.45) is 0 Å². The summed E-state index contributed by atoms with van der Waals surface area (Å²) in [5.41, 5.74) is 1.62. The smallest absolute Gasteiger partial charge is 0.255 e. The van der Waals surface area contributed by atoms with Crippen molar-refractivity contribution in [1.82, 2.24) is 4.90 Å². The van der Waals surface area contributed by atoms with Crippen LogP contribution in [-0.2, 0) is 0 Å². The molecule has 0 aliphatic heterocycles. The fraction of sp³-hybridized carbons (Fsp3) is 0.417. The zero-order valence-electron chi connectivity index (χ0n) is 9.58. The zero-order chi connectivity index (χ0) is 11.3. The number of para-hydroxylation sites is 1. The van der Waals surface area contributed by atoms with Gasteiger partial charge in [-0.2, -0.15) is 0 Å². The molecule has 82 valence electrons. The highest BCUT2D eigenvalue weighted by molar-refractivity contribution is 5.99. The maximum Gasteiger partial charge on any atom is 0.255 e. The molecule has 0 radical (unpaired) electrons. The van der Waals surface area contributed by atoms with E-state index in [1.807, 2.05) is 50.1 Å². The van der Waals surface area contributed by atoms with Gasteiger partial charge in [0.1, 0.15) is 0 Å². The summed E-state index contributed by atoms with van der Waals surface area (Å²) in [5.74, 6) is 0.0879. The van der Waals surface area contributed by atoms with Crippen LogP contribution >= 0.6 is 0 Å². The van der Waals surface area contributed by atoms with E-state index in [4.69, 9.17) is 0 Å². The molecule has 0 aliphatic rings. The second kappa shape index (κ2) is 5.39. The number of nitrogens with one attached hydrogen (secondary N) is 1. The van der Waals surface area contributed by atoms with Gasteiger partial charge in [0.05, 0.1) is 5.56 Å². The number of amides is 1. The molecule has 1 amide bonds. The summed E-state index contributed by atoms with van der Waals surface area (Å²) in [4.78, 5) is 13.9. The van der Waals surface area contributed by atoms with Crippen LogP contribution in [0.4, 0.5) is 5.69 Å². The summed E-state index contributed by atoms with van der Waals surface area (Å²) >= 11 is 0. The summed E-state index contributed by atoms with van der Waals surface area (Å²) in [6.07, 6.45) is 0. The minimum absolute atomic E-state index is 0.0879. The molecule has 0 aromatic heterocycles. The van der Waals surface area contributed by atoms with Crippen LogP contribution in [-0.4, -0.2) is 30.9 Å². The number of anilines is 1. The van der Waals surface area contributed by atoms with Crippen molar-refractivity contribution < 1.29 is 4.79 Å². The summed E-state index contributed by atoms with van der Waals surface area (Å²) in [7, 11) is 1.83. The lowest BCUT2D eigenvalue weighted by Gasteiger charge is -2.20. The predicted molar refractivity (Wildman–Crippen MR) is 63.2 cm³/mol.